The van der Waals surface area contributed by atoms with E-state index >= 15 is 0 Å². The minimum atomic E-state index is 0.275. The number of unbranched alkanes of at least 4 members (excludes halogenated alkanes) is 1. The fraction of sp³-hybridized carbons (Fsp3) is 0.571. The molecule has 1 aromatic rings. The summed E-state index contributed by atoms with van der Waals surface area (Å²) >= 11 is 0. The molecule has 0 spiro atoms. The van der Waals surface area contributed by atoms with Gasteiger partial charge in [0.2, 0.25) is 0 Å². The van der Waals surface area contributed by atoms with Gasteiger partial charge in [0, 0.05) is 12.6 Å². The van der Waals surface area contributed by atoms with Crippen LogP contribution in [0.1, 0.15) is 31.7 Å². The summed E-state index contributed by atoms with van der Waals surface area (Å²) < 4.78 is 0. The molecule has 0 bridgehead atoms. The molecule has 0 fully saturated rings. The van der Waals surface area contributed by atoms with Gasteiger partial charge in [0.15, 0.2) is 0 Å². The van der Waals surface area contributed by atoms with Crippen molar-refractivity contribution in [3.63, 3.8) is 0 Å². The summed E-state index contributed by atoms with van der Waals surface area (Å²) in [6, 6.07) is 10.8. The van der Waals surface area contributed by atoms with Crippen molar-refractivity contribution in [1.82, 2.24) is 5.32 Å². The number of hydrogen-bond donors (Lipinski definition) is 2. The van der Waals surface area contributed by atoms with Crippen LogP contribution in [-0.4, -0.2) is 19.1 Å². The second-order valence-electron chi connectivity index (χ2n) is 4.34. The molecule has 0 saturated carbocycles. The number of aryl methyl sites for hydroxylation is 1. The van der Waals surface area contributed by atoms with Gasteiger partial charge in [-0.2, -0.15) is 0 Å². The van der Waals surface area contributed by atoms with E-state index in [-0.39, 0.29) is 6.04 Å². The molecule has 2 heteroatoms. The van der Waals surface area contributed by atoms with Crippen LogP contribution in [0, 0.1) is 0 Å². The SMILES string of the molecule is CCCCNCC(N)CCc1ccccc1. The van der Waals surface area contributed by atoms with Gasteiger partial charge in [-0.15, -0.1) is 0 Å². The lowest BCUT2D eigenvalue weighted by molar-refractivity contribution is 0.535. The number of hydrogen-bond acceptors (Lipinski definition) is 2. The highest BCUT2D eigenvalue weighted by atomic mass is 14.9. The van der Waals surface area contributed by atoms with Crippen molar-refractivity contribution >= 4 is 0 Å². The quantitative estimate of drug-likeness (QED) is 0.660. The normalized spacial score (nSPS) is 12.6. The van der Waals surface area contributed by atoms with Crippen molar-refractivity contribution in [2.75, 3.05) is 13.1 Å². The van der Waals surface area contributed by atoms with E-state index in [9.17, 15) is 0 Å². The van der Waals surface area contributed by atoms with Crippen LogP contribution in [0.5, 0.6) is 0 Å². The van der Waals surface area contributed by atoms with Crippen LogP contribution >= 0.6 is 0 Å². The van der Waals surface area contributed by atoms with Gasteiger partial charge >= 0.3 is 0 Å². The van der Waals surface area contributed by atoms with Crippen LogP contribution in [0.4, 0.5) is 0 Å². The third-order valence-electron chi connectivity index (χ3n) is 2.76. The number of benzene rings is 1. The molecule has 1 aromatic carbocycles. The van der Waals surface area contributed by atoms with E-state index in [4.69, 9.17) is 5.73 Å². The first-order valence-corrected chi connectivity index (χ1v) is 6.33. The van der Waals surface area contributed by atoms with Gasteiger partial charge in [0.1, 0.15) is 0 Å². The molecule has 0 aliphatic carbocycles. The largest absolute Gasteiger partial charge is 0.327 e. The summed E-state index contributed by atoms with van der Waals surface area (Å²) in [4.78, 5) is 0. The first-order valence-electron chi connectivity index (χ1n) is 6.33. The predicted octanol–water partition coefficient (Wildman–Crippen LogP) is 2.34. The smallest absolute Gasteiger partial charge is 0.0168 e. The van der Waals surface area contributed by atoms with E-state index in [1.165, 1.54) is 18.4 Å². The highest BCUT2D eigenvalue weighted by molar-refractivity contribution is 5.14. The van der Waals surface area contributed by atoms with E-state index in [1.807, 2.05) is 0 Å². The van der Waals surface area contributed by atoms with Gasteiger partial charge in [0.25, 0.3) is 0 Å². The molecule has 0 radical (unpaired) electrons. The van der Waals surface area contributed by atoms with E-state index in [0.717, 1.165) is 25.9 Å². The summed E-state index contributed by atoms with van der Waals surface area (Å²) in [6.07, 6.45) is 4.62. The van der Waals surface area contributed by atoms with Gasteiger partial charge in [0.05, 0.1) is 0 Å². The first-order chi connectivity index (χ1) is 7.83. The summed E-state index contributed by atoms with van der Waals surface area (Å²) in [7, 11) is 0. The van der Waals surface area contributed by atoms with Crippen LogP contribution < -0.4 is 11.1 Å². The molecule has 0 heterocycles. The third kappa shape index (κ3) is 5.89. The van der Waals surface area contributed by atoms with Crippen molar-refractivity contribution in [2.45, 2.75) is 38.6 Å². The van der Waals surface area contributed by atoms with Crippen LogP contribution in [0.15, 0.2) is 30.3 Å². The maximum Gasteiger partial charge on any atom is 0.0168 e. The molecular formula is C14H24N2. The van der Waals surface area contributed by atoms with E-state index in [1.54, 1.807) is 0 Å². The van der Waals surface area contributed by atoms with Crippen molar-refractivity contribution in [1.29, 1.82) is 0 Å². The Hall–Kier alpha value is -0.860. The molecule has 0 amide bonds. The van der Waals surface area contributed by atoms with Gasteiger partial charge in [-0.05, 0) is 31.4 Å². The zero-order valence-electron chi connectivity index (χ0n) is 10.3. The zero-order valence-corrected chi connectivity index (χ0v) is 10.3. The number of nitrogens with two attached hydrogens (primary N) is 1. The molecule has 1 rings (SSSR count). The number of nitrogens with one attached hydrogen (secondary N) is 1. The summed E-state index contributed by atoms with van der Waals surface area (Å²) in [6.45, 7) is 4.24. The first kappa shape index (κ1) is 13.2. The Morgan fingerprint density at radius 3 is 2.69 bits per heavy atom. The molecule has 1 atom stereocenters. The lowest BCUT2D eigenvalue weighted by Gasteiger charge is -2.12. The Morgan fingerprint density at radius 2 is 2.00 bits per heavy atom. The van der Waals surface area contributed by atoms with Crippen molar-refractivity contribution in [3.05, 3.63) is 35.9 Å². The average Bonchev–Trinajstić information content (AvgIpc) is 2.33. The minimum absolute atomic E-state index is 0.275. The van der Waals surface area contributed by atoms with Gasteiger partial charge in [-0.1, -0.05) is 43.7 Å². The number of rotatable bonds is 8. The fourth-order valence-corrected chi connectivity index (χ4v) is 1.69. The molecule has 0 saturated heterocycles. The summed E-state index contributed by atoms with van der Waals surface area (Å²) in [5.74, 6) is 0. The van der Waals surface area contributed by atoms with Gasteiger partial charge < -0.3 is 11.1 Å². The van der Waals surface area contributed by atoms with Crippen LogP contribution in [0.3, 0.4) is 0 Å². The Balaban J connectivity index is 2.08. The summed E-state index contributed by atoms with van der Waals surface area (Å²) in [5.41, 5.74) is 7.42. The summed E-state index contributed by atoms with van der Waals surface area (Å²) in [5, 5.41) is 3.40. The van der Waals surface area contributed by atoms with Crippen LogP contribution in [-0.2, 0) is 6.42 Å². The maximum atomic E-state index is 6.04. The van der Waals surface area contributed by atoms with Crippen molar-refractivity contribution < 1.29 is 0 Å². The van der Waals surface area contributed by atoms with Gasteiger partial charge in [-0.3, -0.25) is 0 Å². The second kappa shape index (κ2) is 8.31. The lowest BCUT2D eigenvalue weighted by atomic mass is 10.1. The predicted molar refractivity (Wildman–Crippen MR) is 70.5 cm³/mol. The Labute approximate surface area is 99.2 Å². The highest BCUT2D eigenvalue weighted by Gasteiger charge is 2.02. The average molecular weight is 220 g/mol. The monoisotopic (exact) mass is 220 g/mol. The van der Waals surface area contributed by atoms with Crippen molar-refractivity contribution in [3.8, 4) is 0 Å². The lowest BCUT2D eigenvalue weighted by Crippen LogP contribution is -2.34. The zero-order chi connectivity index (χ0) is 11.6. The molecule has 0 aliphatic rings. The molecule has 0 aliphatic heterocycles. The Kier molecular flexibility index (Phi) is 6.86. The van der Waals surface area contributed by atoms with E-state index in [0.29, 0.717) is 0 Å². The molecular weight excluding hydrogens is 196 g/mol. The maximum absolute atomic E-state index is 6.04. The molecule has 16 heavy (non-hydrogen) atoms. The molecule has 3 N–H and O–H groups in total. The highest BCUT2D eigenvalue weighted by Crippen LogP contribution is 2.03. The fourth-order valence-electron chi connectivity index (χ4n) is 1.69. The molecule has 0 aromatic heterocycles. The topological polar surface area (TPSA) is 38.0 Å². The third-order valence-corrected chi connectivity index (χ3v) is 2.76. The van der Waals surface area contributed by atoms with Gasteiger partial charge in [-0.25, -0.2) is 0 Å². The van der Waals surface area contributed by atoms with E-state index < -0.39 is 0 Å². The van der Waals surface area contributed by atoms with Crippen LogP contribution in [0.25, 0.3) is 0 Å². The van der Waals surface area contributed by atoms with E-state index in [2.05, 4.69) is 42.6 Å². The molecule has 1 unspecified atom stereocenters. The standard InChI is InChI=1S/C14H24N2/c1-2-3-11-16-12-14(15)10-9-13-7-5-4-6-8-13/h4-8,14,16H,2-3,9-12,15H2,1H3. The Bertz CT molecular complexity index is 259. The van der Waals surface area contributed by atoms with Crippen molar-refractivity contribution in [2.24, 2.45) is 5.73 Å². The molecule has 2 nitrogen and oxygen atoms in total. The second-order valence-corrected chi connectivity index (χ2v) is 4.34. The van der Waals surface area contributed by atoms with Crippen LogP contribution in [0.2, 0.25) is 0 Å². The minimum Gasteiger partial charge on any atom is -0.327 e. The molecule has 90 valence electrons. The Morgan fingerprint density at radius 1 is 1.25 bits per heavy atom.